The minimum Gasteiger partial charge on any atom is -1.00 e. The number of hydrogen-bond donors (Lipinski definition) is 5. The number of ether oxygens (including phenoxy) is 1. The number of hydrogen-bond acceptors (Lipinski definition) is 10. The van der Waals surface area contributed by atoms with E-state index < -0.39 is 35.7 Å². The van der Waals surface area contributed by atoms with Crippen molar-refractivity contribution in [3.63, 3.8) is 0 Å². The second-order valence-electron chi connectivity index (χ2n) is 11.0. The van der Waals surface area contributed by atoms with Gasteiger partial charge in [0.15, 0.2) is 0 Å². The summed E-state index contributed by atoms with van der Waals surface area (Å²) >= 11 is 2.79. The fraction of sp³-hybridized carbons (Fsp3) is 0.630. The molecule has 0 fully saturated rings. The lowest BCUT2D eigenvalue weighted by atomic mass is 9.98. The van der Waals surface area contributed by atoms with Gasteiger partial charge in [-0.1, -0.05) is 6.92 Å². The first-order valence-corrected chi connectivity index (χ1v) is 17.6. The molecule has 2 heterocycles. The largest absolute Gasteiger partial charge is 1.00 e. The average Bonchev–Trinajstić information content (AvgIpc) is 3.57. The lowest BCUT2D eigenvalue weighted by Gasteiger charge is -2.27. The molecule has 0 aliphatic rings. The molecule has 3 atom stereocenters. The van der Waals surface area contributed by atoms with Gasteiger partial charge in [0.05, 0.1) is 42.1 Å². The number of nitrogens with zero attached hydrogens (tertiary/aromatic N) is 2. The first-order valence-electron chi connectivity index (χ1n) is 13.6. The Morgan fingerprint density at radius 2 is 1.72 bits per heavy atom. The second kappa shape index (κ2) is 18.7. The van der Waals surface area contributed by atoms with Crippen molar-refractivity contribution in [2.24, 2.45) is 5.92 Å². The molecule has 0 unspecified atom stereocenters. The number of aliphatic hydroxyl groups is 1. The van der Waals surface area contributed by atoms with Crippen LogP contribution in [0.2, 0.25) is 0 Å². The van der Waals surface area contributed by atoms with Crippen LogP contribution in [0.15, 0.2) is 10.8 Å². The molecule has 0 aliphatic carbocycles. The van der Waals surface area contributed by atoms with Crippen molar-refractivity contribution in [1.29, 1.82) is 0 Å². The molecule has 0 saturated heterocycles. The van der Waals surface area contributed by atoms with Crippen LogP contribution in [0.1, 0.15) is 56.5 Å². The summed E-state index contributed by atoms with van der Waals surface area (Å²) < 4.78 is 5.17. The van der Waals surface area contributed by atoms with Crippen molar-refractivity contribution in [1.82, 2.24) is 31.2 Å². The second-order valence-corrected chi connectivity index (χ2v) is 15.2. The van der Waals surface area contributed by atoms with Crippen LogP contribution < -0.4 is 45.2 Å². The molecular weight excluding hydrogens is 727 g/mol. The molecule has 0 spiro atoms. The Balaban J connectivity index is 0.00000924. The normalized spacial score (nSPS) is 13.3. The van der Waals surface area contributed by atoms with Crippen LogP contribution in [0.5, 0.6) is 0 Å². The first kappa shape index (κ1) is 39.0. The minimum atomic E-state index is -1.18. The maximum absolute atomic E-state index is 12.4. The summed E-state index contributed by atoms with van der Waals surface area (Å²) in [5.74, 6) is -0.887. The minimum absolute atomic E-state index is 0. The van der Waals surface area contributed by atoms with Gasteiger partial charge in [-0.15, -0.1) is 22.7 Å². The van der Waals surface area contributed by atoms with E-state index in [0.717, 1.165) is 17.2 Å². The van der Waals surface area contributed by atoms with E-state index in [2.05, 4.69) is 43.7 Å². The number of carbonyl (C=O) groups excluding carboxylic acids is 4. The van der Waals surface area contributed by atoms with Crippen LogP contribution in [-0.4, -0.2) is 94.5 Å². The third-order valence-corrected chi connectivity index (χ3v) is 8.67. The zero-order valence-corrected chi connectivity index (χ0v) is 30.2. The van der Waals surface area contributed by atoms with Crippen LogP contribution in [0.3, 0.4) is 0 Å². The van der Waals surface area contributed by atoms with Gasteiger partial charge in [-0.05, 0) is 38.6 Å². The Labute approximate surface area is 281 Å². The number of halogens is 1. The lowest BCUT2D eigenvalue weighted by Crippen LogP contribution is -3.00. The molecule has 2 aromatic rings. The highest BCUT2D eigenvalue weighted by molar-refractivity contribution is 7.95. The van der Waals surface area contributed by atoms with Gasteiger partial charge in [0.1, 0.15) is 27.7 Å². The molecule has 0 saturated carbocycles. The van der Waals surface area contributed by atoms with E-state index in [1.54, 1.807) is 33.1 Å². The number of nitrogens with one attached hydrogen (secondary N) is 4. The quantitative estimate of drug-likeness (QED) is 0.0869. The zero-order chi connectivity index (χ0) is 31.4. The fourth-order valence-electron chi connectivity index (χ4n) is 3.54. The van der Waals surface area contributed by atoms with Gasteiger partial charge in [-0.2, -0.15) is 0 Å². The number of alkyl carbamates (subject to hydrolysis) is 1. The number of thiazole rings is 2. The number of carbonyl (C=O) groups is 4. The predicted octanol–water partition coefficient (Wildman–Crippen LogP) is -1.05. The molecule has 4 amide bonds. The van der Waals surface area contributed by atoms with Crippen LogP contribution in [0, 0.1) is 5.92 Å². The summed E-state index contributed by atoms with van der Waals surface area (Å²) in [6.45, 7) is 8.93. The molecule has 242 valence electrons. The molecule has 0 aliphatic heterocycles. The summed E-state index contributed by atoms with van der Waals surface area (Å²) in [5.41, 5.74) is 0.368. The van der Waals surface area contributed by atoms with Crippen molar-refractivity contribution in [2.75, 3.05) is 37.9 Å². The van der Waals surface area contributed by atoms with E-state index in [4.69, 9.17) is 4.74 Å². The SMILES string of the molecule is C[C@@H](NC(=O)OC(C)(C)C)[C@H](O)[C@@H](C)C(=O)NCC(=O)NCCc1nc(-c2nc(C(=O)NCCC[S+](C)C)cs2)cs1.[I-]. The molecule has 16 heteroatoms. The number of aromatic nitrogens is 2. The smallest absolute Gasteiger partial charge is 0.407 e. The molecule has 0 aromatic carbocycles. The maximum atomic E-state index is 12.4. The van der Waals surface area contributed by atoms with Crippen LogP contribution in [0.4, 0.5) is 4.79 Å². The van der Waals surface area contributed by atoms with E-state index >= 15 is 0 Å². The highest BCUT2D eigenvalue weighted by Gasteiger charge is 2.29. The Bertz CT molecular complexity index is 1200. The van der Waals surface area contributed by atoms with Crippen LogP contribution in [-0.2, 0) is 31.6 Å². The van der Waals surface area contributed by atoms with Crippen molar-refractivity contribution >= 4 is 57.4 Å². The van der Waals surface area contributed by atoms with Crippen molar-refractivity contribution in [2.45, 2.75) is 65.2 Å². The van der Waals surface area contributed by atoms with E-state index in [1.165, 1.54) is 29.6 Å². The molecule has 2 aromatic heterocycles. The molecule has 0 bridgehead atoms. The molecule has 0 radical (unpaired) electrons. The van der Waals surface area contributed by atoms with Gasteiger partial charge in [-0.25, -0.2) is 14.8 Å². The summed E-state index contributed by atoms with van der Waals surface area (Å²) in [7, 11) is 0.355. The van der Waals surface area contributed by atoms with Crippen LogP contribution >= 0.6 is 22.7 Å². The fourth-order valence-corrected chi connectivity index (χ4v) is 5.88. The van der Waals surface area contributed by atoms with Crippen molar-refractivity contribution < 1.29 is 53.0 Å². The summed E-state index contributed by atoms with van der Waals surface area (Å²) in [4.78, 5) is 57.9. The first-order chi connectivity index (χ1) is 19.7. The maximum Gasteiger partial charge on any atom is 0.407 e. The molecular formula is C27H43IN6O6S3. The highest BCUT2D eigenvalue weighted by Crippen LogP contribution is 2.25. The molecule has 5 N–H and O–H groups in total. The van der Waals surface area contributed by atoms with Gasteiger partial charge in [0.2, 0.25) is 11.8 Å². The lowest BCUT2D eigenvalue weighted by molar-refractivity contribution is -0.131. The Morgan fingerprint density at radius 1 is 1.02 bits per heavy atom. The zero-order valence-electron chi connectivity index (χ0n) is 25.6. The van der Waals surface area contributed by atoms with E-state index in [1.807, 2.05) is 5.38 Å². The Morgan fingerprint density at radius 3 is 2.37 bits per heavy atom. The van der Waals surface area contributed by atoms with Gasteiger partial charge in [0, 0.05) is 36.7 Å². The molecule has 43 heavy (non-hydrogen) atoms. The summed E-state index contributed by atoms with van der Waals surface area (Å²) in [5, 5.41) is 26.2. The van der Waals surface area contributed by atoms with Crippen LogP contribution in [0.25, 0.3) is 10.7 Å². The Kier molecular flexibility index (Phi) is 17.0. The molecule has 2 rings (SSSR count). The third-order valence-electron chi connectivity index (χ3n) is 5.79. The number of amides is 4. The van der Waals surface area contributed by atoms with Gasteiger partial charge < -0.3 is 55.1 Å². The highest BCUT2D eigenvalue weighted by atomic mass is 127. The molecule has 12 nitrogen and oxygen atoms in total. The predicted molar refractivity (Wildman–Crippen MR) is 168 cm³/mol. The van der Waals surface area contributed by atoms with E-state index in [0.29, 0.717) is 46.8 Å². The van der Waals surface area contributed by atoms with Gasteiger partial charge in [0.25, 0.3) is 5.91 Å². The summed E-state index contributed by atoms with van der Waals surface area (Å²) in [6, 6.07) is -0.745. The standard InChI is InChI=1S/C27H42N6O6S3.HI/c1-16(22(35)17(2)31-26(38)39-27(3,4)5)23(36)30-13-20(34)28-11-9-21-32-19(15-40-21)25-33-18(14-41-25)24(37)29-10-8-12-42(6)7;/h14-17,22,35H,8-13H2,1-7H3,(H3-,28,29,30,31,34,36,37,38);1H/t16-,17-,22-;/m1./s1. The van der Waals surface area contributed by atoms with E-state index in [9.17, 15) is 24.3 Å². The number of aliphatic hydroxyl groups excluding tert-OH is 1. The van der Waals surface area contributed by atoms with Gasteiger partial charge >= 0.3 is 6.09 Å². The monoisotopic (exact) mass is 770 g/mol. The number of rotatable bonds is 15. The summed E-state index contributed by atoms with van der Waals surface area (Å²) in [6.07, 6.45) is 3.91. The van der Waals surface area contributed by atoms with Gasteiger partial charge in [-0.3, -0.25) is 14.4 Å². The topological polar surface area (TPSA) is 172 Å². The van der Waals surface area contributed by atoms with Crippen molar-refractivity contribution in [3.05, 3.63) is 21.5 Å². The Hall–Kier alpha value is -2.02. The average molecular weight is 771 g/mol. The third kappa shape index (κ3) is 14.5. The van der Waals surface area contributed by atoms with E-state index in [-0.39, 0.29) is 42.3 Å². The van der Waals surface area contributed by atoms with Crippen molar-refractivity contribution in [3.8, 4) is 10.7 Å².